The van der Waals surface area contributed by atoms with Crippen molar-refractivity contribution >= 4 is 29.4 Å². The molecule has 12 heteroatoms. The van der Waals surface area contributed by atoms with Crippen molar-refractivity contribution < 1.29 is 37.4 Å². The van der Waals surface area contributed by atoms with Crippen LogP contribution in [0.2, 0.25) is 0 Å². The maximum atomic E-state index is 13.7. The van der Waals surface area contributed by atoms with Gasteiger partial charge in [0.2, 0.25) is 5.91 Å². The van der Waals surface area contributed by atoms with Crippen LogP contribution in [0.5, 0.6) is 0 Å². The monoisotopic (exact) mass is 543 g/mol. The van der Waals surface area contributed by atoms with Crippen molar-refractivity contribution in [3.05, 3.63) is 57.8 Å². The Labute approximate surface area is 217 Å². The number of rotatable bonds is 11. The number of carbonyl (C=O) groups excluding carboxylic acids is 2. The van der Waals surface area contributed by atoms with Gasteiger partial charge in [-0.2, -0.15) is 13.2 Å². The highest BCUT2D eigenvalue weighted by molar-refractivity contribution is 7.09. The third-order valence-electron chi connectivity index (χ3n) is 5.11. The normalized spacial score (nSPS) is 12.5. The molecule has 8 nitrogen and oxygen atoms in total. The molecule has 1 atom stereocenters. The standard InChI is InChI=1S/C25H32F3N3O5S/c1-24(2,3)36-23(35)30-20(12-6-7-13-29-22(33)34)21(32)31(16-18-10-8-14-37-18)15-17-9-4-5-11-19(17)25(26,27)28/h4-5,8-11,14,20,29H,6-7,12-13,15-16H2,1-3H3,(H,30,35)(H,33,34)/t20-/m0/s1. The van der Waals surface area contributed by atoms with Crippen LogP contribution >= 0.6 is 11.3 Å². The van der Waals surface area contributed by atoms with Crippen molar-refractivity contribution in [1.82, 2.24) is 15.5 Å². The van der Waals surface area contributed by atoms with E-state index in [0.29, 0.717) is 12.8 Å². The second kappa shape index (κ2) is 13.3. The Kier molecular flexibility index (Phi) is 10.8. The number of thiophene rings is 1. The van der Waals surface area contributed by atoms with Gasteiger partial charge in [0.1, 0.15) is 11.6 Å². The van der Waals surface area contributed by atoms with E-state index in [0.717, 1.165) is 10.9 Å². The lowest BCUT2D eigenvalue weighted by Crippen LogP contribution is -2.49. The number of hydrogen-bond acceptors (Lipinski definition) is 5. The van der Waals surface area contributed by atoms with Gasteiger partial charge in [0.15, 0.2) is 0 Å². The van der Waals surface area contributed by atoms with Gasteiger partial charge < -0.3 is 25.4 Å². The fourth-order valence-corrected chi connectivity index (χ4v) is 4.26. The van der Waals surface area contributed by atoms with Gasteiger partial charge in [-0.1, -0.05) is 24.3 Å². The minimum Gasteiger partial charge on any atom is -0.465 e. The topological polar surface area (TPSA) is 108 Å². The molecule has 0 aliphatic rings. The maximum Gasteiger partial charge on any atom is 0.416 e. The Morgan fingerprint density at radius 3 is 2.35 bits per heavy atom. The Hall–Kier alpha value is -3.28. The van der Waals surface area contributed by atoms with Gasteiger partial charge in [0, 0.05) is 18.0 Å². The zero-order valence-electron chi connectivity index (χ0n) is 20.9. The number of carboxylic acid groups (broad SMARTS) is 1. The number of halogens is 3. The SMILES string of the molecule is CC(C)(C)OC(=O)N[C@@H](CCCCNC(=O)O)C(=O)N(Cc1cccs1)Cc1ccccc1C(F)(F)F. The molecule has 0 unspecified atom stereocenters. The van der Waals surface area contributed by atoms with Crippen LogP contribution in [-0.4, -0.2) is 46.3 Å². The van der Waals surface area contributed by atoms with Gasteiger partial charge in [0.05, 0.1) is 12.1 Å². The van der Waals surface area contributed by atoms with E-state index in [4.69, 9.17) is 9.84 Å². The number of ether oxygens (including phenoxy) is 1. The number of benzene rings is 1. The number of alkyl halides is 3. The molecular weight excluding hydrogens is 511 g/mol. The van der Waals surface area contributed by atoms with Crippen molar-refractivity contribution in [3.63, 3.8) is 0 Å². The van der Waals surface area contributed by atoms with Crippen LogP contribution in [0.3, 0.4) is 0 Å². The number of nitrogens with one attached hydrogen (secondary N) is 2. The van der Waals surface area contributed by atoms with E-state index in [1.54, 1.807) is 38.3 Å². The summed E-state index contributed by atoms with van der Waals surface area (Å²) in [6.07, 6.45) is -5.70. The van der Waals surface area contributed by atoms with E-state index in [-0.39, 0.29) is 31.6 Å². The smallest absolute Gasteiger partial charge is 0.416 e. The molecule has 0 radical (unpaired) electrons. The molecular formula is C25H32F3N3O5S. The zero-order valence-corrected chi connectivity index (χ0v) is 21.7. The molecule has 0 saturated heterocycles. The maximum absolute atomic E-state index is 13.7. The molecule has 2 rings (SSSR count). The van der Waals surface area contributed by atoms with E-state index in [1.165, 1.54) is 34.4 Å². The van der Waals surface area contributed by atoms with Crippen molar-refractivity contribution in [2.75, 3.05) is 6.54 Å². The van der Waals surface area contributed by atoms with Crippen LogP contribution in [-0.2, 0) is 28.8 Å². The Morgan fingerprint density at radius 2 is 1.76 bits per heavy atom. The second-order valence-corrected chi connectivity index (χ2v) is 10.4. The average molecular weight is 544 g/mol. The van der Waals surface area contributed by atoms with Gasteiger partial charge in [-0.15, -0.1) is 11.3 Å². The summed E-state index contributed by atoms with van der Waals surface area (Å²) in [5, 5.41) is 15.3. The molecule has 0 spiro atoms. The predicted molar refractivity (Wildman–Crippen MR) is 133 cm³/mol. The van der Waals surface area contributed by atoms with E-state index in [9.17, 15) is 27.6 Å². The summed E-state index contributed by atoms with van der Waals surface area (Å²) in [5.41, 5.74) is -1.73. The fraction of sp³-hybridized carbons (Fsp3) is 0.480. The molecule has 0 fully saturated rings. The number of carbonyl (C=O) groups is 3. The van der Waals surface area contributed by atoms with Crippen LogP contribution < -0.4 is 10.6 Å². The summed E-state index contributed by atoms with van der Waals surface area (Å²) in [6, 6.07) is 7.52. The average Bonchev–Trinajstić information content (AvgIpc) is 3.28. The van der Waals surface area contributed by atoms with Gasteiger partial charge in [-0.05, 0) is 63.1 Å². The summed E-state index contributed by atoms with van der Waals surface area (Å²) in [4.78, 5) is 38.9. The fourth-order valence-electron chi connectivity index (χ4n) is 3.54. The van der Waals surface area contributed by atoms with E-state index >= 15 is 0 Å². The van der Waals surface area contributed by atoms with Crippen molar-refractivity contribution in [2.45, 2.75) is 70.9 Å². The molecule has 0 bridgehead atoms. The first kappa shape index (κ1) is 29.9. The first-order chi connectivity index (χ1) is 17.3. The highest BCUT2D eigenvalue weighted by Crippen LogP contribution is 2.33. The minimum atomic E-state index is -4.60. The molecule has 1 heterocycles. The Morgan fingerprint density at radius 1 is 1.05 bits per heavy atom. The van der Waals surface area contributed by atoms with Gasteiger partial charge >= 0.3 is 18.4 Å². The van der Waals surface area contributed by atoms with E-state index in [1.807, 2.05) is 0 Å². The zero-order chi connectivity index (χ0) is 27.6. The molecule has 3 N–H and O–H groups in total. The van der Waals surface area contributed by atoms with Gasteiger partial charge in [-0.3, -0.25) is 4.79 Å². The highest BCUT2D eigenvalue weighted by Gasteiger charge is 2.35. The number of unbranched alkanes of at least 4 members (excludes halogenated alkanes) is 1. The summed E-state index contributed by atoms with van der Waals surface area (Å²) in [5.74, 6) is -0.567. The molecule has 0 aliphatic heterocycles. The minimum absolute atomic E-state index is 0.0513. The predicted octanol–water partition coefficient (Wildman–Crippen LogP) is 5.63. The number of nitrogens with zero attached hydrogens (tertiary/aromatic N) is 1. The lowest BCUT2D eigenvalue weighted by molar-refractivity contribution is -0.140. The highest BCUT2D eigenvalue weighted by atomic mass is 32.1. The van der Waals surface area contributed by atoms with E-state index in [2.05, 4.69) is 10.6 Å². The van der Waals surface area contributed by atoms with E-state index < -0.39 is 41.5 Å². The summed E-state index contributed by atoms with van der Waals surface area (Å²) < 4.78 is 46.2. The molecule has 0 aliphatic carbocycles. The second-order valence-electron chi connectivity index (χ2n) is 9.36. The number of hydrogen-bond donors (Lipinski definition) is 3. The number of alkyl carbamates (subject to hydrolysis) is 1. The first-order valence-corrected chi connectivity index (χ1v) is 12.6. The molecule has 2 aromatic rings. The van der Waals surface area contributed by atoms with Crippen molar-refractivity contribution in [1.29, 1.82) is 0 Å². The number of amides is 3. The van der Waals surface area contributed by atoms with Crippen LogP contribution in [0.4, 0.5) is 22.8 Å². The van der Waals surface area contributed by atoms with Crippen LogP contribution in [0.1, 0.15) is 56.0 Å². The van der Waals surface area contributed by atoms with Crippen LogP contribution in [0.15, 0.2) is 41.8 Å². The molecule has 1 aromatic heterocycles. The lowest BCUT2D eigenvalue weighted by Gasteiger charge is -2.29. The molecule has 1 aromatic carbocycles. The summed E-state index contributed by atoms with van der Waals surface area (Å²) in [6.45, 7) is 4.88. The summed E-state index contributed by atoms with van der Waals surface area (Å²) in [7, 11) is 0. The largest absolute Gasteiger partial charge is 0.465 e. The molecule has 204 valence electrons. The van der Waals surface area contributed by atoms with Crippen molar-refractivity contribution in [3.8, 4) is 0 Å². The molecule has 0 saturated carbocycles. The Bertz CT molecular complexity index is 1040. The molecule has 3 amide bonds. The third kappa shape index (κ3) is 10.7. The van der Waals surface area contributed by atoms with Crippen LogP contribution in [0.25, 0.3) is 0 Å². The Balaban J connectivity index is 2.30. The lowest BCUT2D eigenvalue weighted by atomic mass is 10.0. The van der Waals surface area contributed by atoms with Crippen molar-refractivity contribution in [2.24, 2.45) is 0 Å². The van der Waals surface area contributed by atoms with Gasteiger partial charge in [0.25, 0.3) is 0 Å². The third-order valence-corrected chi connectivity index (χ3v) is 5.97. The first-order valence-electron chi connectivity index (χ1n) is 11.7. The summed E-state index contributed by atoms with van der Waals surface area (Å²) >= 11 is 1.36. The quantitative estimate of drug-likeness (QED) is 0.319. The van der Waals surface area contributed by atoms with Gasteiger partial charge in [-0.25, -0.2) is 9.59 Å². The molecule has 37 heavy (non-hydrogen) atoms. The van der Waals surface area contributed by atoms with Crippen LogP contribution in [0, 0.1) is 0 Å².